The van der Waals surface area contributed by atoms with Gasteiger partial charge in [0, 0.05) is 0 Å². The number of benzene rings is 9. The Morgan fingerprint density at radius 2 is 0.775 bits per heavy atom. The maximum absolute atomic E-state index is 2.39. The fourth-order valence-corrected chi connectivity index (χ4v) is 6.90. The van der Waals surface area contributed by atoms with Crippen LogP contribution in [-0.4, -0.2) is 0 Å². The van der Waals surface area contributed by atoms with Gasteiger partial charge in [0.2, 0.25) is 0 Å². The van der Waals surface area contributed by atoms with Gasteiger partial charge in [-0.25, -0.2) is 0 Å². The van der Waals surface area contributed by atoms with E-state index in [2.05, 4.69) is 146 Å². The molecule has 0 heterocycles. The van der Waals surface area contributed by atoms with Crippen LogP contribution in [0.1, 0.15) is 0 Å². The van der Waals surface area contributed by atoms with E-state index >= 15 is 0 Å². The lowest BCUT2D eigenvalue weighted by atomic mass is 9.86. The van der Waals surface area contributed by atoms with Gasteiger partial charge in [0.05, 0.1) is 0 Å². The van der Waals surface area contributed by atoms with Crippen LogP contribution in [0.5, 0.6) is 0 Å². The minimum absolute atomic E-state index is 1.25. The summed E-state index contributed by atoms with van der Waals surface area (Å²) in [5.74, 6) is 0. The van der Waals surface area contributed by atoms with Crippen molar-refractivity contribution >= 4 is 64.6 Å². The van der Waals surface area contributed by atoms with Gasteiger partial charge in [-0.05, 0) is 105 Å². The van der Waals surface area contributed by atoms with Crippen molar-refractivity contribution in [1.29, 1.82) is 0 Å². The molecule has 0 saturated heterocycles. The van der Waals surface area contributed by atoms with E-state index in [-0.39, 0.29) is 0 Å². The first-order chi connectivity index (χ1) is 19.8. The minimum atomic E-state index is 1.25. The Bertz CT molecular complexity index is 2360. The maximum atomic E-state index is 2.39. The highest BCUT2D eigenvalue weighted by molar-refractivity contribution is 6.24. The molecular formula is C40H24. The second-order valence-corrected chi connectivity index (χ2v) is 10.9. The predicted octanol–water partition coefficient (Wildman–Crippen LogP) is 11.4. The first-order valence-electron chi connectivity index (χ1n) is 13.9. The third-order valence-electron chi connectivity index (χ3n) is 8.74. The topological polar surface area (TPSA) is 0 Å². The molecule has 0 aliphatic heterocycles. The van der Waals surface area contributed by atoms with Gasteiger partial charge in [0.1, 0.15) is 0 Å². The van der Waals surface area contributed by atoms with Gasteiger partial charge >= 0.3 is 0 Å². The summed E-state index contributed by atoms with van der Waals surface area (Å²) in [7, 11) is 0. The van der Waals surface area contributed by atoms with Crippen LogP contribution in [0.3, 0.4) is 0 Å². The number of hydrogen-bond acceptors (Lipinski definition) is 0. The van der Waals surface area contributed by atoms with Crippen molar-refractivity contribution in [3.05, 3.63) is 146 Å². The van der Waals surface area contributed by atoms with Crippen molar-refractivity contribution in [1.82, 2.24) is 0 Å². The zero-order valence-electron chi connectivity index (χ0n) is 21.9. The summed E-state index contributed by atoms with van der Waals surface area (Å²) >= 11 is 0. The maximum Gasteiger partial charge on any atom is -0.00264 e. The number of hydrogen-bond donors (Lipinski definition) is 0. The predicted molar refractivity (Wildman–Crippen MR) is 174 cm³/mol. The molecule has 0 bridgehead atoms. The van der Waals surface area contributed by atoms with Gasteiger partial charge in [0.15, 0.2) is 0 Å². The van der Waals surface area contributed by atoms with Crippen LogP contribution in [0.25, 0.3) is 86.9 Å². The molecule has 0 unspecified atom stereocenters. The number of rotatable bonds is 2. The molecule has 0 atom stereocenters. The zero-order valence-corrected chi connectivity index (χ0v) is 21.9. The Morgan fingerprint density at radius 1 is 0.275 bits per heavy atom. The Labute approximate surface area is 232 Å². The Kier molecular flexibility index (Phi) is 4.42. The van der Waals surface area contributed by atoms with Gasteiger partial charge < -0.3 is 0 Å². The highest BCUT2D eigenvalue weighted by Gasteiger charge is 2.16. The third kappa shape index (κ3) is 3.08. The van der Waals surface area contributed by atoms with Crippen molar-refractivity contribution in [3.63, 3.8) is 0 Å². The van der Waals surface area contributed by atoms with E-state index in [0.29, 0.717) is 0 Å². The molecule has 0 aliphatic carbocycles. The molecule has 0 aromatic heterocycles. The molecule has 0 N–H and O–H groups in total. The summed E-state index contributed by atoms with van der Waals surface area (Å²) in [6.45, 7) is 0. The van der Waals surface area contributed by atoms with E-state index in [4.69, 9.17) is 0 Å². The standard InChI is InChI=1S/C40H24/c1-3-10-34-25(6-1)12-15-29-22-32(19-20-35(29)34)40-36-11-4-2-7-26(36)18-21-37(40)33-23-30-16-13-27-8-5-9-28-14-17-31(24-33)39(30)38(27)28/h1-24H. The molecule has 9 aromatic carbocycles. The highest BCUT2D eigenvalue weighted by atomic mass is 14.2. The van der Waals surface area contributed by atoms with Crippen LogP contribution in [-0.2, 0) is 0 Å². The fourth-order valence-electron chi connectivity index (χ4n) is 6.90. The lowest BCUT2D eigenvalue weighted by molar-refractivity contribution is 1.65. The molecule has 0 aliphatic rings. The minimum Gasteiger partial charge on any atom is -0.0616 e. The van der Waals surface area contributed by atoms with Gasteiger partial charge in [-0.15, -0.1) is 0 Å². The molecule has 9 rings (SSSR count). The van der Waals surface area contributed by atoms with Crippen molar-refractivity contribution in [3.8, 4) is 22.3 Å². The quantitative estimate of drug-likeness (QED) is 0.205. The zero-order chi connectivity index (χ0) is 26.2. The van der Waals surface area contributed by atoms with E-state index in [1.165, 1.54) is 86.9 Å². The monoisotopic (exact) mass is 504 g/mol. The highest BCUT2D eigenvalue weighted by Crippen LogP contribution is 2.43. The van der Waals surface area contributed by atoms with Crippen molar-refractivity contribution < 1.29 is 0 Å². The second kappa shape index (κ2) is 8.15. The van der Waals surface area contributed by atoms with Gasteiger partial charge in [-0.1, -0.05) is 127 Å². The lowest BCUT2D eigenvalue weighted by Gasteiger charge is -2.17. The summed E-state index contributed by atoms with van der Waals surface area (Å²) in [4.78, 5) is 0. The average molecular weight is 505 g/mol. The van der Waals surface area contributed by atoms with Crippen LogP contribution >= 0.6 is 0 Å². The Morgan fingerprint density at radius 3 is 1.55 bits per heavy atom. The van der Waals surface area contributed by atoms with Crippen LogP contribution < -0.4 is 0 Å². The Balaban J connectivity index is 1.34. The summed E-state index contributed by atoms with van der Waals surface area (Å²) in [6.07, 6.45) is 0. The van der Waals surface area contributed by atoms with E-state index in [1.54, 1.807) is 0 Å². The second-order valence-electron chi connectivity index (χ2n) is 10.9. The summed E-state index contributed by atoms with van der Waals surface area (Å²) in [5.41, 5.74) is 5.07. The van der Waals surface area contributed by atoms with E-state index in [9.17, 15) is 0 Å². The normalized spacial score (nSPS) is 12.0. The molecule has 0 fully saturated rings. The smallest absolute Gasteiger partial charge is 0.00264 e. The fraction of sp³-hybridized carbons (Fsp3) is 0. The van der Waals surface area contributed by atoms with E-state index in [1.807, 2.05) is 0 Å². The van der Waals surface area contributed by atoms with Crippen molar-refractivity contribution in [2.45, 2.75) is 0 Å². The van der Waals surface area contributed by atoms with Gasteiger partial charge in [-0.3, -0.25) is 0 Å². The largest absolute Gasteiger partial charge is 0.0616 e. The van der Waals surface area contributed by atoms with Crippen LogP contribution in [0, 0.1) is 0 Å². The molecular weight excluding hydrogens is 480 g/mol. The molecule has 0 nitrogen and oxygen atoms in total. The molecule has 9 aromatic rings. The van der Waals surface area contributed by atoms with Crippen LogP contribution in [0.4, 0.5) is 0 Å². The first-order valence-corrected chi connectivity index (χ1v) is 13.9. The first kappa shape index (κ1) is 21.7. The summed E-state index contributed by atoms with van der Waals surface area (Å²) in [6, 6.07) is 54.0. The average Bonchev–Trinajstić information content (AvgIpc) is 3.02. The van der Waals surface area contributed by atoms with Crippen LogP contribution in [0.15, 0.2) is 146 Å². The summed E-state index contributed by atoms with van der Waals surface area (Å²) in [5, 5.41) is 15.6. The van der Waals surface area contributed by atoms with Gasteiger partial charge in [-0.2, -0.15) is 0 Å². The molecule has 0 radical (unpaired) electrons. The lowest BCUT2D eigenvalue weighted by Crippen LogP contribution is -1.90. The van der Waals surface area contributed by atoms with Gasteiger partial charge in [0.25, 0.3) is 0 Å². The summed E-state index contributed by atoms with van der Waals surface area (Å²) < 4.78 is 0. The van der Waals surface area contributed by atoms with Crippen molar-refractivity contribution in [2.75, 3.05) is 0 Å². The third-order valence-corrected chi connectivity index (χ3v) is 8.74. The molecule has 0 spiro atoms. The number of fused-ring (bicyclic) bond motifs is 4. The van der Waals surface area contributed by atoms with E-state index in [0.717, 1.165) is 0 Å². The molecule has 184 valence electrons. The van der Waals surface area contributed by atoms with Crippen molar-refractivity contribution in [2.24, 2.45) is 0 Å². The molecule has 40 heavy (non-hydrogen) atoms. The Hall–Kier alpha value is -5.20. The van der Waals surface area contributed by atoms with Crippen LogP contribution in [0.2, 0.25) is 0 Å². The van der Waals surface area contributed by atoms with E-state index < -0.39 is 0 Å². The molecule has 0 heteroatoms. The molecule has 0 saturated carbocycles. The SMILES string of the molecule is c1ccc2c(-c3ccc4c(ccc5ccccc54)c3)c(-c3cc4ccc5cccc6ccc(c3)c4c56)ccc2c1. The molecule has 0 amide bonds.